The number of rotatable bonds is 8. The molecule has 2 N–H and O–H groups in total. The van der Waals surface area contributed by atoms with Crippen molar-refractivity contribution in [1.29, 1.82) is 0 Å². The number of imidazole rings is 1. The number of aromatic nitrogens is 7. The highest BCUT2D eigenvalue weighted by molar-refractivity contribution is 5.93. The Hall–Kier alpha value is -4.51. The monoisotopic (exact) mass is 679 g/mol. The lowest BCUT2D eigenvalue weighted by Gasteiger charge is -2.33. The number of carbonyl (C=O) groups excluding carboxylic acids is 2. The van der Waals surface area contributed by atoms with E-state index in [1.54, 1.807) is 12.3 Å². The van der Waals surface area contributed by atoms with Crippen molar-refractivity contribution in [2.24, 2.45) is 11.3 Å². The maximum absolute atomic E-state index is 14.0. The highest BCUT2D eigenvalue weighted by Crippen LogP contribution is 2.43. The number of nitrogens with one attached hydrogen (secondary N) is 2. The van der Waals surface area contributed by atoms with Gasteiger partial charge in [0, 0.05) is 24.7 Å². The van der Waals surface area contributed by atoms with E-state index < -0.39 is 59.2 Å². The number of hydrogen-bond donors (Lipinski definition) is 2. The van der Waals surface area contributed by atoms with Crippen molar-refractivity contribution < 1.29 is 40.6 Å². The molecule has 2 amide bonds. The number of nitrogens with zero attached hydrogens (tertiary/aromatic N) is 7. The van der Waals surface area contributed by atoms with Crippen molar-refractivity contribution in [3.8, 4) is 0 Å². The first-order valence-corrected chi connectivity index (χ1v) is 15.5. The van der Waals surface area contributed by atoms with Crippen LogP contribution in [-0.4, -0.2) is 65.1 Å². The number of carbonyl (C=O) groups is 2. The van der Waals surface area contributed by atoms with Crippen LogP contribution in [0.5, 0.6) is 0 Å². The van der Waals surface area contributed by atoms with Crippen molar-refractivity contribution in [3.63, 3.8) is 0 Å². The summed E-state index contributed by atoms with van der Waals surface area (Å²) in [7, 11) is 0. The van der Waals surface area contributed by atoms with Crippen LogP contribution < -0.4 is 10.6 Å². The van der Waals surface area contributed by atoms with Gasteiger partial charge in [-0.25, -0.2) is 22.9 Å². The van der Waals surface area contributed by atoms with Gasteiger partial charge in [-0.1, -0.05) is 25.9 Å². The molecular formula is C30H34F5N9O4. The van der Waals surface area contributed by atoms with Crippen LogP contribution in [0.1, 0.15) is 98.1 Å². The quantitative estimate of drug-likeness (QED) is 0.251. The third-order valence-electron chi connectivity index (χ3n) is 9.02. The fraction of sp³-hybridized carbons (Fsp3) is 0.600. The van der Waals surface area contributed by atoms with Crippen LogP contribution >= 0.6 is 0 Å². The molecule has 1 aliphatic heterocycles. The molecule has 0 unspecified atom stereocenters. The molecule has 48 heavy (non-hydrogen) atoms. The van der Waals surface area contributed by atoms with Crippen LogP contribution in [0.25, 0.3) is 5.65 Å². The second-order valence-electron chi connectivity index (χ2n) is 13.8. The molecule has 4 aromatic rings. The lowest BCUT2D eigenvalue weighted by atomic mass is 9.76. The minimum absolute atomic E-state index is 0.0317. The topological polar surface area (TPSA) is 166 Å². The standard InChI is InChI=1S/C30H34F5N9O4/c1-15-22(43-48-42-15)24(45)39-23(17-5-7-29(31,32)8-6-17)18-14-44-20(37-18)9-16(13-36-44)10-28(11-19(30(33,34)35)38-25(28)46)12-21-40-41-26(47-21)27(2,3)4/h9,13-14,17,19,23H,5-8,10-12H2,1-4H3,(H,38,46)(H,39,45)/t19-,23-,28-/m0/s1. The Kier molecular flexibility index (Phi) is 8.26. The molecule has 258 valence electrons. The summed E-state index contributed by atoms with van der Waals surface area (Å²) in [6.45, 7) is 7.06. The fourth-order valence-corrected chi connectivity index (χ4v) is 6.38. The maximum atomic E-state index is 14.0. The third-order valence-corrected chi connectivity index (χ3v) is 9.02. The van der Waals surface area contributed by atoms with E-state index in [-0.39, 0.29) is 67.3 Å². The molecule has 0 radical (unpaired) electrons. The molecule has 1 aliphatic carbocycles. The molecule has 18 heteroatoms. The third kappa shape index (κ3) is 6.74. The van der Waals surface area contributed by atoms with Gasteiger partial charge < -0.3 is 15.1 Å². The Morgan fingerprint density at radius 1 is 1.15 bits per heavy atom. The van der Waals surface area contributed by atoms with Gasteiger partial charge in [0.1, 0.15) is 11.7 Å². The van der Waals surface area contributed by atoms with Crippen molar-refractivity contribution in [1.82, 2.24) is 45.7 Å². The largest absolute Gasteiger partial charge is 0.425 e. The summed E-state index contributed by atoms with van der Waals surface area (Å²) >= 11 is 0. The van der Waals surface area contributed by atoms with Gasteiger partial charge >= 0.3 is 6.18 Å². The SMILES string of the molecule is Cc1nonc1C(=O)N[C@H](c1cn2ncc(C[C@@]3(Cc4nnc(C(C)(C)C)o4)C[C@@H](C(F)(F)F)NC3=O)cc2n1)C1CCC(F)(F)CC1. The summed E-state index contributed by atoms with van der Waals surface area (Å²) in [5.74, 6) is -4.32. The molecule has 0 aromatic carbocycles. The first kappa shape index (κ1) is 33.4. The number of aryl methyl sites for hydroxylation is 1. The zero-order valence-electron chi connectivity index (χ0n) is 26.6. The normalized spacial score (nSPS) is 22.6. The van der Waals surface area contributed by atoms with Gasteiger partial charge in [0.25, 0.3) is 5.91 Å². The fourth-order valence-electron chi connectivity index (χ4n) is 6.38. The first-order valence-electron chi connectivity index (χ1n) is 15.5. The minimum atomic E-state index is -4.67. The van der Waals surface area contributed by atoms with Crippen LogP contribution in [-0.2, 0) is 23.1 Å². The molecule has 1 saturated carbocycles. The molecule has 13 nitrogen and oxygen atoms in total. The van der Waals surface area contributed by atoms with E-state index >= 15 is 0 Å². The summed E-state index contributed by atoms with van der Waals surface area (Å²) in [6.07, 6.45) is -3.14. The number of amides is 2. The predicted octanol–water partition coefficient (Wildman–Crippen LogP) is 4.62. The second kappa shape index (κ2) is 11.9. The van der Waals surface area contributed by atoms with Gasteiger partial charge in [-0.05, 0) is 55.3 Å². The van der Waals surface area contributed by atoms with E-state index in [0.29, 0.717) is 11.3 Å². The highest BCUT2D eigenvalue weighted by Gasteiger charge is 2.56. The number of alkyl halides is 5. The van der Waals surface area contributed by atoms with Gasteiger partial charge in [-0.2, -0.15) is 18.3 Å². The Balaban J connectivity index is 1.31. The summed E-state index contributed by atoms with van der Waals surface area (Å²) in [5, 5.41) is 24.6. The van der Waals surface area contributed by atoms with E-state index in [0.717, 1.165) is 0 Å². The molecule has 0 bridgehead atoms. The molecule has 3 atom stereocenters. The smallest absolute Gasteiger partial charge is 0.408 e. The van der Waals surface area contributed by atoms with Crippen LogP contribution in [0.2, 0.25) is 0 Å². The predicted molar refractivity (Wildman–Crippen MR) is 155 cm³/mol. The van der Waals surface area contributed by atoms with Crippen LogP contribution in [0.15, 0.2) is 27.5 Å². The van der Waals surface area contributed by atoms with Crippen molar-refractivity contribution in [2.45, 2.75) is 102 Å². The molecular weight excluding hydrogens is 645 g/mol. The van der Waals surface area contributed by atoms with Gasteiger partial charge in [0.2, 0.25) is 23.6 Å². The zero-order valence-corrected chi connectivity index (χ0v) is 26.6. The molecule has 4 aromatic heterocycles. The Morgan fingerprint density at radius 3 is 2.48 bits per heavy atom. The highest BCUT2D eigenvalue weighted by atomic mass is 19.4. The number of halogens is 5. The molecule has 1 saturated heterocycles. The Bertz CT molecular complexity index is 1820. The van der Waals surface area contributed by atoms with E-state index in [4.69, 9.17) is 4.42 Å². The Morgan fingerprint density at radius 2 is 1.88 bits per heavy atom. The Labute approximate surface area is 270 Å². The number of hydrogen-bond acceptors (Lipinski definition) is 10. The van der Waals surface area contributed by atoms with Crippen molar-refractivity contribution in [2.75, 3.05) is 0 Å². The van der Waals surface area contributed by atoms with E-state index in [1.165, 1.54) is 17.6 Å². The zero-order chi connectivity index (χ0) is 34.6. The minimum Gasteiger partial charge on any atom is -0.425 e. The van der Waals surface area contributed by atoms with Gasteiger partial charge in [-0.3, -0.25) is 9.59 Å². The lowest BCUT2D eigenvalue weighted by Crippen LogP contribution is -2.39. The average Bonchev–Trinajstić information content (AvgIpc) is 3.78. The second-order valence-corrected chi connectivity index (χ2v) is 13.8. The van der Waals surface area contributed by atoms with Crippen molar-refractivity contribution in [3.05, 3.63) is 52.9 Å². The maximum Gasteiger partial charge on any atom is 0.408 e. The molecule has 0 spiro atoms. The molecule has 6 rings (SSSR count). The molecule has 5 heterocycles. The summed E-state index contributed by atoms with van der Waals surface area (Å²) in [5.41, 5.74) is -0.896. The molecule has 2 aliphatic rings. The van der Waals surface area contributed by atoms with Crippen molar-refractivity contribution >= 4 is 17.5 Å². The molecule has 2 fully saturated rings. The number of fused-ring (bicyclic) bond motifs is 1. The van der Waals surface area contributed by atoms with Crippen LogP contribution in [0, 0.1) is 18.3 Å². The van der Waals surface area contributed by atoms with Crippen LogP contribution in [0.3, 0.4) is 0 Å². The first-order chi connectivity index (χ1) is 22.4. The van der Waals surface area contributed by atoms with Gasteiger partial charge in [0.05, 0.1) is 29.5 Å². The summed E-state index contributed by atoms with van der Waals surface area (Å²) in [4.78, 5) is 31.1. The summed E-state index contributed by atoms with van der Waals surface area (Å²) in [6, 6.07) is -1.29. The van der Waals surface area contributed by atoms with E-state index in [1.807, 2.05) is 20.8 Å². The van der Waals surface area contributed by atoms with Gasteiger partial charge in [0.15, 0.2) is 11.3 Å². The lowest BCUT2D eigenvalue weighted by molar-refractivity contribution is -0.155. The van der Waals surface area contributed by atoms with Crippen LogP contribution in [0.4, 0.5) is 22.0 Å². The van der Waals surface area contributed by atoms with E-state index in [9.17, 15) is 31.5 Å². The van der Waals surface area contributed by atoms with Gasteiger partial charge in [-0.15, -0.1) is 10.2 Å². The summed E-state index contributed by atoms with van der Waals surface area (Å²) < 4.78 is 81.4. The van der Waals surface area contributed by atoms with E-state index in [2.05, 4.69) is 45.9 Å². The average molecular weight is 680 g/mol.